The number of hydrogen-bond acceptors (Lipinski definition) is 3. The minimum Gasteiger partial charge on any atom is -0.443 e. The van der Waals surface area contributed by atoms with E-state index < -0.39 is 22.9 Å². The average molecular weight is 282 g/mol. The zero-order chi connectivity index (χ0) is 14.2. The zero-order valence-corrected chi connectivity index (χ0v) is 11.9. The normalized spacial score (nSPS) is 18.1. The van der Waals surface area contributed by atoms with Gasteiger partial charge < -0.3 is 4.74 Å². The summed E-state index contributed by atoms with van der Waals surface area (Å²) in [6, 6.07) is 7.24. The van der Waals surface area contributed by atoms with Gasteiger partial charge in [0.15, 0.2) is 0 Å². The van der Waals surface area contributed by atoms with Crippen LogP contribution < -0.4 is 4.90 Å². The highest BCUT2D eigenvalue weighted by atomic mass is 35.5. The third-order valence-corrected chi connectivity index (χ3v) is 3.12. The molecule has 1 aliphatic rings. The van der Waals surface area contributed by atoms with E-state index in [0.717, 1.165) is 5.56 Å². The Hall–Kier alpha value is -1.55. The number of rotatable bonds is 1. The van der Waals surface area contributed by atoms with Crippen LogP contribution in [-0.4, -0.2) is 23.5 Å². The maximum atomic E-state index is 12.1. The van der Waals surface area contributed by atoms with Crippen molar-refractivity contribution < 1.29 is 14.3 Å². The van der Waals surface area contributed by atoms with Crippen molar-refractivity contribution in [1.82, 2.24) is 0 Å². The van der Waals surface area contributed by atoms with E-state index in [2.05, 4.69) is 0 Å². The van der Waals surface area contributed by atoms with E-state index in [0.29, 0.717) is 5.69 Å². The molecule has 102 valence electrons. The predicted molar refractivity (Wildman–Crippen MR) is 73.6 cm³/mol. The number of nitrogens with zero attached hydrogens (tertiary/aromatic N) is 1. The molecule has 0 bridgehead atoms. The lowest BCUT2D eigenvalue weighted by Gasteiger charge is -2.24. The summed E-state index contributed by atoms with van der Waals surface area (Å²) in [5.41, 5.74) is 0.888. The SMILES string of the molecule is CC(C)(C)OC(=O)N1CC(C(=O)Cl)c2ccccc21. The molecule has 1 aliphatic heterocycles. The summed E-state index contributed by atoms with van der Waals surface area (Å²) in [4.78, 5) is 25.1. The van der Waals surface area contributed by atoms with Gasteiger partial charge in [0.05, 0.1) is 11.6 Å². The summed E-state index contributed by atoms with van der Waals surface area (Å²) < 4.78 is 5.34. The van der Waals surface area contributed by atoms with E-state index in [9.17, 15) is 9.59 Å². The monoisotopic (exact) mass is 281 g/mol. The molecule has 0 N–H and O–H groups in total. The van der Waals surface area contributed by atoms with Crippen LogP contribution in [0.2, 0.25) is 0 Å². The highest BCUT2D eigenvalue weighted by Crippen LogP contribution is 2.37. The third-order valence-electron chi connectivity index (χ3n) is 2.86. The molecule has 0 spiro atoms. The number of fused-ring (bicyclic) bond motifs is 1. The Morgan fingerprint density at radius 2 is 1.95 bits per heavy atom. The molecule has 1 unspecified atom stereocenters. The molecule has 0 saturated carbocycles. The number of hydrogen-bond donors (Lipinski definition) is 0. The summed E-state index contributed by atoms with van der Waals surface area (Å²) in [5.74, 6) is -0.481. The molecule has 0 fully saturated rings. The fourth-order valence-electron chi connectivity index (χ4n) is 2.09. The summed E-state index contributed by atoms with van der Waals surface area (Å²) in [6.07, 6.45) is -0.458. The minimum absolute atomic E-state index is 0.233. The average Bonchev–Trinajstić information content (AvgIpc) is 2.66. The Morgan fingerprint density at radius 1 is 1.32 bits per heavy atom. The van der Waals surface area contributed by atoms with Crippen molar-refractivity contribution in [2.45, 2.75) is 32.3 Å². The highest BCUT2D eigenvalue weighted by molar-refractivity contribution is 6.65. The number of carbonyl (C=O) groups excluding carboxylic acids is 2. The van der Waals surface area contributed by atoms with Crippen LogP contribution in [0, 0.1) is 0 Å². The van der Waals surface area contributed by atoms with Crippen LogP contribution in [0.15, 0.2) is 24.3 Å². The Kier molecular flexibility index (Phi) is 3.54. The van der Waals surface area contributed by atoms with E-state index >= 15 is 0 Å². The van der Waals surface area contributed by atoms with Gasteiger partial charge in [-0.3, -0.25) is 9.69 Å². The van der Waals surface area contributed by atoms with Gasteiger partial charge in [0.1, 0.15) is 5.60 Å². The maximum Gasteiger partial charge on any atom is 0.414 e. The van der Waals surface area contributed by atoms with E-state index in [4.69, 9.17) is 16.3 Å². The van der Waals surface area contributed by atoms with Crippen molar-refractivity contribution in [2.75, 3.05) is 11.4 Å². The molecule has 0 aromatic heterocycles. The minimum atomic E-state index is -0.574. The van der Waals surface area contributed by atoms with E-state index in [-0.39, 0.29) is 6.54 Å². The van der Waals surface area contributed by atoms with Crippen molar-refractivity contribution in [2.24, 2.45) is 0 Å². The van der Waals surface area contributed by atoms with Crippen LogP contribution in [-0.2, 0) is 9.53 Å². The zero-order valence-electron chi connectivity index (χ0n) is 11.1. The lowest BCUT2D eigenvalue weighted by Crippen LogP contribution is -2.36. The first-order valence-corrected chi connectivity index (χ1v) is 6.46. The van der Waals surface area contributed by atoms with Crippen LogP contribution in [0.25, 0.3) is 0 Å². The van der Waals surface area contributed by atoms with E-state index in [1.807, 2.05) is 18.2 Å². The molecule has 4 nitrogen and oxygen atoms in total. The third kappa shape index (κ3) is 2.89. The van der Waals surface area contributed by atoms with Crippen molar-refractivity contribution in [3.05, 3.63) is 29.8 Å². The Bertz CT molecular complexity index is 522. The first-order valence-electron chi connectivity index (χ1n) is 6.08. The second-order valence-electron chi connectivity index (χ2n) is 5.51. The molecule has 19 heavy (non-hydrogen) atoms. The van der Waals surface area contributed by atoms with E-state index in [1.54, 1.807) is 26.8 Å². The number of ether oxygens (including phenoxy) is 1. The highest BCUT2D eigenvalue weighted by Gasteiger charge is 2.37. The molecular formula is C14H16ClNO3. The Balaban J connectivity index is 2.30. The Morgan fingerprint density at radius 3 is 2.53 bits per heavy atom. The molecule has 2 rings (SSSR count). The first-order chi connectivity index (χ1) is 8.79. The van der Waals surface area contributed by atoms with Crippen LogP contribution in [0.3, 0.4) is 0 Å². The van der Waals surface area contributed by atoms with Gasteiger partial charge in [-0.15, -0.1) is 0 Å². The quantitative estimate of drug-likeness (QED) is 0.742. The lowest BCUT2D eigenvalue weighted by atomic mass is 10.0. The van der Waals surface area contributed by atoms with Gasteiger partial charge >= 0.3 is 6.09 Å². The van der Waals surface area contributed by atoms with Gasteiger partial charge in [0.25, 0.3) is 0 Å². The molecule has 5 heteroatoms. The van der Waals surface area contributed by atoms with Gasteiger partial charge in [0.2, 0.25) is 5.24 Å². The summed E-state index contributed by atoms with van der Waals surface area (Å²) in [6.45, 7) is 5.64. The van der Waals surface area contributed by atoms with Gasteiger partial charge in [-0.1, -0.05) is 18.2 Å². The second kappa shape index (κ2) is 4.85. The smallest absolute Gasteiger partial charge is 0.414 e. The number of amides is 1. The molecule has 1 amide bonds. The maximum absolute atomic E-state index is 12.1. The predicted octanol–water partition coefficient (Wildman–Crippen LogP) is 3.29. The fourth-order valence-corrected chi connectivity index (χ4v) is 2.28. The number of para-hydroxylation sites is 1. The van der Waals surface area contributed by atoms with Gasteiger partial charge in [0, 0.05) is 6.54 Å². The molecule has 1 aromatic carbocycles. The molecule has 1 aromatic rings. The molecule has 1 heterocycles. The fraction of sp³-hybridized carbons (Fsp3) is 0.429. The summed E-state index contributed by atoms with van der Waals surface area (Å²) >= 11 is 5.60. The number of anilines is 1. The molecule has 1 atom stereocenters. The first kappa shape index (κ1) is 13.9. The lowest BCUT2D eigenvalue weighted by molar-refractivity contribution is -0.112. The van der Waals surface area contributed by atoms with Crippen molar-refractivity contribution in [3.8, 4) is 0 Å². The van der Waals surface area contributed by atoms with Gasteiger partial charge in [-0.2, -0.15) is 0 Å². The van der Waals surface area contributed by atoms with Crippen LogP contribution in [0.1, 0.15) is 32.3 Å². The standard InChI is InChI=1S/C14H16ClNO3/c1-14(2,3)19-13(18)16-8-10(12(15)17)9-6-4-5-7-11(9)16/h4-7,10H,8H2,1-3H3. The summed E-state index contributed by atoms with van der Waals surface area (Å²) in [7, 11) is 0. The largest absolute Gasteiger partial charge is 0.443 e. The molecule has 0 saturated heterocycles. The van der Waals surface area contributed by atoms with Gasteiger partial charge in [-0.25, -0.2) is 4.79 Å². The number of benzene rings is 1. The van der Waals surface area contributed by atoms with Crippen LogP contribution in [0.4, 0.5) is 10.5 Å². The van der Waals surface area contributed by atoms with Crippen molar-refractivity contribution in [1.29, 1.82) is 0 Å². The second-order valence-corrected chi connectivity index (χ2v) is 5.88. The molecule has 0 radical (unpaired) electrons. The number of halogens is 1. The van der Waals surface area contributed by atoms with Gasteiger partial charge in [-0.05, 0) is 44.0 Å². The van der Waals surface area contributed by atoms with Crippen molar-refractivity contribution >= 4 is 28.6 Å². The van der Waals surface area contributed by atoms with Crippen molar-refractivity contribution in [3.63, 3.8) is 0 Å². The molecule has 0 aliphatic carbocycles. The number of carbonyl (C=O) groups is 2. The van der Waals surface area contributed by atoms with Crippen LogP contribution in [0.5, 0.6) is 0 Å². The van der Waals surface area contributed by atoms with Crippen LogP contribution >= 0.6 is 11.6 Å². The Labute approximate surface area is 117 Å². The summed E-state index contributed by atoms with van der Waals surface area (Å²) in [5, 5.41) is -0.460. The topological polar surface area (TPSA) is 46.6 Å². The van der Waals surface area contributed by atoms with E-state index in [1.165, 1.54) is 4.90 Å². The molecular weight excluding hydrogens is 266 g/mol.